The Labute approximate surface area is 136 Å². The van der Waals surface area contributed by atoms with E-state index in [0.717, 1.165) is 4.47 Å². The molecule has 0 bridgehead atoms. The summed E-state index contributed by atoms with van der Waals surface area (Å²) >= 11 is 3.38. The average molecular weight is 363 g/mol. The molecule has 1 aromatic carbocycles. The van der Waals surface area contributed by atoms with Gasteiger partial charge in [0.15, 0.2) is 0 Å². The molecule has 0 saturated heterocycles. The SMILES string of the molecule is O=C(NCc1ccco1)C1(C(=O)Nc2ccccc2Br)CC1. The number of furan rings is 1. The molecule has 0 aliphatic heterocycles. The Morgan fingerprint density at radius 2 is 1.91 bits per heavy atom. The maximum absolute atomic E-state index is 12.4. The van der Waals surface area contributed by atoms with E-state index in [2.05, 4.69) is 26.6 Å². The number of halogens is 1. The van der Waals surface area contributed by atoms with Gasteiger partial charge in [0.05, 0.1) is 18.5 Å². The summed E-state index contributed by atoms with van der Waals surface area (Å²) in [5.74, 6) is 0.139. The van der Waals surface area contributed by atoms with Gasteiger partial charge in [-0.2, -0.15) is 0 Å². The van der Waals surface area contributed by atoms with Gasteiger partial charge in [-0.1, -0.05) is 12.1 Å². The number of hydrogen-bond acceptors (Lipinski definition) is 3. The highest BCUT2D eigenvalue weighted by Gasteiger charge is 2.56. The Bertz CT molecular complexity index is 693. The van der Waals surface area contributed by atoms with Crippen LogP contribution in [0.3, 0.4) is 0 Å². The van der Waals surface area contributed by atoms with Crippen molar-refractivity contribution in [3.05, 3.63) is 52.9 Å². The first-order valence-electron chi connectivity index (χ1n) is 6.98. The molecule has 0 unspecified atom stereocenters. The van der Waals surface area contributed by atoms with Crippen LogP contribution in [0.1, 0.15) is 18.6 Å². The fraction of sp³-hybridized carbons (Fsp3) is 0.250. The molecular weight excluding hydrogens is 348 g/mol. The molecule has 0 radical (unpaired) electrons. The highest BCUT2D eigenvalue weighted by atomic mass is 79.9. The van der Waals surface area contributed by atoms with Crippen molar-refractivity contribution in [2.24, 2.45) is 5.41 Å². The molecule has 1 fully saturated rings. The number of para-hydroxylation sites is 1. The Hall–Kier alpha value is -2.08. The van der Waals surface area contributed by atoms with Crippen LogP contribution in [-0.2, 0) is 16.1 Å². The monoisotopic (exact) mass is 362 g/mol. The zero-order valence-electron chi connectivity index (χ0n) is 11.8. The van der Waals surface area contributed by atoms with Crippen LogP contribution in [0, 0.1) is 5.41 Å². The third-order valence-electron chi connectivity index (χ3n) is 3.74. The summed E-state index contributed by atoms with van der Waals surface area (Å²) in [4.78, 5) is 24.7. The second-order valence-electron chi connectivity index (χ2n) is 5.28. The third-order valence-corrected chi connectivity index (χ3v) is 4.44. The van der Waals surface area contributed by atoms with Crippen molar-refractivity contribution < 1.29 is 14.0 Å². The minimum atomic E-state index is -0.956. The Morgan fingerprint density at radius 3 is 2.55 bits per heavy atom. The minimum Gasteiger partial charge on any atom is -0.467 e. The first kappa shape index (κ1) is 14.8. The molecule has 1 saturated carbocycles. The molecule has 1 aliphatic carbocycles. The predicted octanol–water partition coefficient (Wildman–Crippen LogP) is 3.08. The van der Waals surface area contributed by atoms with Gasteiger partial charge in [-0.25, -0.2) is 0 Å². The lowest BCUT2D eigenvalue weighted by molar-refractivity contribution is -0.134. The van der Waals surface area contributed by atoms with Gasteiger partial charge < -0.3 is 15.1 Å². The largest absolute Gasteiger partial charge is 0.467 e. The number of carbonyl (C=O) groups is 2. The second-order valence-corrected chi connectivity index (χ2v) is 6.13. The molecule has 0 spiro atoms. The standard InChI is InChI=1S/C16H15BrN2O3/c17-12-5-1-2-6-13(12)19-15(21)16(7-8-16)14(20)18-10-11-4-3-9-22-11/h1-6,9H,7-8,10H2,(H,18,20)(H,19,21). The van der Waals surface area contributed by atoms with E-state index in [4.69, 9.17) is 4.42 Å². The molecule has 6 heteroatoms. The number of nitrogens with one attached hydrogen (secondary N) is 2. The van der Waals surface area contributed by atoms with Gasteiger partial charge in [0.25, 0.3) is 0 Å². The molecule has 5 nitrogen and oxygen atoms in total. The Kier molecular flexibility index (Phi) is 4.02. The van der Waals surface area contributed by atoms with Gasteiger partial charge in [-0.15, -0.1) is 0 Å². The summed E-state index contributed by atoms with van der Waals surface area (Å²) in [5.41, 5.74) is -0.292. The molecular formula is C16H15BrN2O3. The normalized spacial score (nSPS) is 15.1. The van der Waals surface area contributed by atoms with E-state index < -0.39 is 5.41 Å². The van der Waals surface area contributed by atoms with Crippen LogP contribution in [0.5, 0.6) is 0 Å². The lowest BCUT2D eigenvalue weighted by Crippen LogP contribution is -2.39. The van der Waals surface area contributed by atoms with Crippen LogP contribution in [0.4, 0.5) is 5.69 Å². The van der Waals surface area contributed by atoms with E-state index in [-0.39, 0.29) is 18.4 Å². The predicted molar refractivity (Wildman–Crippen MR) is 85.0 cm³/mol. The molecule has 1 heterocycles. The number of anilines is 1. The third kappa shape index (κ3) is 2.92. The summed E-state index contributed by atoms with van der Waals surface area (Å²) < 4.78 is 5.95. The first-order valence-corrected chi connectivity index (χ1v) is 7.78. The summed E-state index contributed by atoms with van der Waals surface area (Å²) in [6.45, 7) is 0.288. The minimum absolute atomic E-state index is 0.256. The lowest BCUT2D eigenvalue weighted by atomic mass is 10.0. The van der Waals surface area contributed by atoms with Gasteiger partial charge >= 0.3 is 0 Å². The van der Waals surface area contributed by atoms with E-state index in [1.165, 1.54) is 0 Å². The quantitative estimate of drug-likeness (QED) is 0.802. The lowest BCUT2D eigenvalue weighted by Gasteiger charge is -2.15. The van der Waals surface area contributed by atoms with Gasteiger partial charge in [-0.05, 0) is 53.0 Å². The zero-order valence-corrected chi connectivity index (χ0v) is 13.4. The van der Waals surface area contributed by atoms with Crippen LogP contribution in [-0.4, -0.2) is 11.8 Å². The van der Waals surface area contributed by atoms with Gasteiger partial charge in [0.1, 0.15) is 11.2 Å². The van der Waals surface area contributed by atoms with Crippen LogP contribution >= 0.6 is 15.9 Å². The van der Waals surface area contributed by atoms with Crippen molar-refractivity contribution >= 4 is 33.4 Å². The first-order chi connectivity index (χ1) is 10.6. The van der Waals surface area contributed by atoms with Crippen molar-refractivity contribution in [2.45, 2.75) is 19.4 Å². The average Bonchev–Trinajstić information content (AvgIpc) is 3.17. The fourth-order valence-electron chi connectivity index (χ4n) is 2.24. The van der Waals surface area contributed by atoms with E-state index in [1.54, 1.807) is 24.5 Å². The van der Waals surface area contributed by atoms with E-state index in [1.807, 2.05) is 18.2 Å². The molecule has 22 heavy (non-hydrogen) atoms. The van der Waals surface area contributed by atoms with Crippen LogP contribution in [0.15, 0.2) is 51.6 Å². The molecule has 0 atom stereocenters. The van der Waals surface area contributed by atoms with Crippen molar-refractivity contribution in [1.82, 2.24) is 5.32 Å². The summed E-state index contributed by atoms with van der Waals surface area (Å²) in [7, 11) is 0. The smallest absolute Gasteiger partial charge is 0.240 e. The van der Waals surface area contributed by atoms with E-state index >= 15 is 0 Å². The van der Waals surface area contributed by atoms with Crippen LogP contribution < -0.4 is 10.6 Å². The maximum Gasteiger partial charge on any atom is 0.240 e. The maximum atomic E-state index is 12.4. The molecule has 2 N–H and O–H groups in total. The highest BCUT2D eigenvalue weighted by molar-refractivity contribution is 9.10. The summed E-state index contributed by atoms with van der Waals surface area (Å²) in [5, 5.41) is 5.58. The Morgan fingerprint density at radius 1 is 1.14 bits per heavy atom. The summed E-state index contributed by atoms with van der Waals surface area (Å²) in [6.07, 6.45) is 2.68. The van der Waals surface area contributed by atoms with Gasteiger partial charge in [-0.3, -0.25) is 9.59 Å². The molecule has 3 rings (SSSR count). The van der Waals surface area contributed by atoms with Crippen molar-refractivity contribution in [3.8, 4) is 0 Å². The number of benzene rings is 1. The molecule has 114 valence electrons. The van der Waals surface area contributed by atoms with Crippen molar-refractivity contribution in [3.63, 3.8) is 0 Å². The van der Waals surface area contributed by atoms with Crippen molar-refractivity contribution in [1.29, 1.82) is 0 Å². The zero-order chi connectivity index (χ0) is 15.6. The number of amides is 2. The second kappa shape index (κ2) is 5.96. The molecule has 1 aromatic heterocycles. The molecule has 1 aliphatic rings. The Balaban J connectivity index is 1.64. The topological polar surface area (TPSA) is 71.3 Å². The van der Waals surface area contributed by atoms with E-state index in [0.29, 0.717) is 24.3 Å². The van der Waals surface area contributed by atoms with Gasteiger partial charge in [0, 0.05) is 4.47 Å². The van der Waals surface area contributed by atoms with E-state index in [9.17, 15) is 9.59 Å². The molecule has 2 amide bonds. The van der Waals surface area contributed by atoms with Crippen molar-refractivity contribution in [2.75, 3.05) is 5.32 Å². The summed E-state index contributed by atoms with van der Waals surface area (Å²) in [6, 6.07) is 10.9. The number of rotatable bonds is 5. The number of carbonyl (C=O) groups excluding carboxylic acids is 2. The number of hydrogen-bond donors (Lipinski definition) is 2. The molecule has 2 aromatic rings. The van der Waals surface area contributed by atoms with Crippen LogP contribution in [0.25, 0.3) is 0 Å². The van der Waals surface area contributed by atoms with Gasteiger partial charge in [0.2, 0.25) is 11.8 Å². The fourth-order valence-corrected chi connectivity index (χ4v) is 2.62. The highest BCUT2D eigenvalue weighted by Crippen LogP contribution is 2.47. The van der Waals surface area contributed by atoms with Crippen LogP contribution in [0.2, 0.25) is 0 Å².